The first-order valence-corrected chi connectivity index (χ1v) is 7.12. The Morgan fingerprint density at radius 1 is 1.19 bits per heavy atom. The molecule has 0 atom stereocenters. The number of aryl methyl sites for hydroxylation is 1. The molecule has 3 nitrogen and oxygen atoms in total. The molecule has 0 saturated carbocycles. The van der Waals surface area contributed by atoms with Crippen LogP contribution in [0.3, 0.4) is 0 Å². The minimum absolute atomic E-state index is 0.416. The molecule has 0 amide bonds. The van der Waals surface area contributed by atoms with E-state index in [0.717, 1.165) is 24.1 Å². The Morgan fingerprint density at radius 2 is 1.86 bits per heavy atom. The molecule has 0 saturated heterocycles. The van der Waals surface area contributed by atoms with Crippen molar-refractivity contribution in [1.29, 1.82) is 0 Å². The van der Waals surface area contributed by atoms with E-state index in [4.69, 9.17) is 0 Å². The lowest BCUT2D eigenvalue weighted by Crippen LogP contribution is -2.21. The van der Waals surface area contributed by atoms with Gasteiger partial charge in [0.1, 0.15) is 17.5 Å². The highest BCUT2D eigenvalue weighted by Gasteiger charge is 2.09. The van der Waals surface area contributed by atoms with Crippen LogP contribution in [-0.4, -0.2) is 16.1 Å². The molecular weight excluding hydrogens is 272 g/mol. The first-order valence-electron chi connectivity index (χ1n) is 7.12. The summed E-state index contributed by atoms with van der Waals surface area (Å²) in [6.07, 6.45) is 1.80. The van der Waals surface area contributed by atoms with Crippen molar-refractivity contribution < 1.29 is 8.78 Å². The van der Waals surface area contributed by atoms with Gasteiger partial charge < -0.3 is 9.88 Å². The summed E-state index contributed by atoms with van der Waals surface area (Å²) in [6, 6.07) is 3.59. The Hall–Kier alpha value is -1.75. The molecule has 2 rings (SSSR count). The Morgan fingerprint density at radius 3 is 2.48 bits per heavy atom. The molecule has 2 aromatic rings. The fourth-order valence-corrected chi connectivity index (χ4v) is 2.25. The van der Waals surface area contributed by atoms with Gasteiger partial charge in [-0.25, -0.2) is 13.8 Å². The van der Waals surface area contributed by atoms with Crippen molar-refractivity contribution in [1.82, 2.24) is 14.9 Å². The molecule has 0 aliphatic heterocycles. The van der Waals surface area contributed by atoms with Crippen LogP contribution in [0, 0.1) is 24.5 Å². The van der Waals surface area contributed by atoms with Gasteiger partial charge >= 0.3 is 0 Å². The van der Waals surface area contributed by atoms with Crippen LogP contribution in [0.25, 0.3) is 0 Å². The molecule has 0 spiro atoms. The Bertz CT molecular complexity index is 585. The summed E-state index contributed by atoms with van der Waals surface area (Å²) in [4.78, 5) is 4.29. The van der Waals surface area contributed by atoms with Gasteiger partial charge in [-0.15, -0.1) is 0 Å². The van der Waals surface area contributed by atoms with E-state index in [1.54, 1.807) is 6.20 Å². The van der Waals surface area contributed by atoms with Crippen molar-refractivity contribution in [3.05, 3.63) is 53.1 Å². The summed E-state index contributed by atoms with van der Waals surface area (Å²) in [7, 11) is 0. The van der Waals surface area contributed by atoms with Gasteiger partial charge in [0.05, 0.1) is 5.69 Å². The van der Waals surface area contributed by atoms with Crippen molar-refractivity contribution >= 4 is 0 Å². The smallest absolute Gasteiger partial charge is 0.126 e. The first kappa shape index (κ1) is 15.6. The zero-order valence-corrected chi connectivity index (χ0v) is 12.7. The van der Waals surface area contributed by atoms with E-state index in [0.29, 0.717) is 24.6 Å². The molecule has 0 bridgehead atoms. The molecule has 1 N–H and O–H groups in total. The number of hydrogen-bond acceptors (Lipinski definition) is 2. The predicted octanol–water partition coefficient (Wildman–Crippen LogP) is 3.26. The highest BCUT2D eigenvalue weighted by molar-refractivity contribution is 5.20. The number of halogens is 2. The Kier molecular flexibility index (Phi) is 5.07. The summed E-state index contributed by atoms with van der Waals surface area (Å²) in [5, 5.41) is 3.35. The minimum atomic E-state index is -0.553. The molecule has 0 aliphatic rings. The molecule has 1 heterocycles. The van der Waals surface area contributed by atoms with E-state index in [9.17, 15) is 8.78 Å². The second-order valence-corrected chi connectivity index (χ2v) is 5.69. The average molecular weight is 293 g/mol. The molecule has 0 unspecified atom stereocenters. The van der Waals surface area contributed by atoms with Crippen LogP contribution in [-0.2, 0) is 13.1 Å². The fourth-order valence-electron chi connectivity index (χ4n) is 2.25. The Balaban J connectivity index is 2.13. The molecular formula is C16H21F2N3. The normalized spacial score (nSPS) is 11.3. The zero-order valence-electron chi connectivity index (χ0n) is 12.7. The summed E-state index contributed by atoms with van der Waals surface area (Å²) in [6.45, 7) is 8.20. The van der Waals surface area contributed by atoms with E-state index in [-0.39, 0.29) is 0 Å². The third-order valence-corrected chi connectivity index (χ3v) is 3.26. The van der Waals surface area contributed by atoms with Crippen LogP contribution in [0.1, 0.15) is 30.9 Å². The molecule has 1 aromatic heterocycles. The molecule has 21 heavy (non-hydrogen) atoms. The SMILES string of the molecule is Cc1ncc(CNCC(C)C)n1Cc1cc(F)cc(F)c1. The summed E-state index contributed by atoms with van der Waals surface area (Å²) in [5.41, 5.74) is 1.61. The lowest BCUT2D eigenvalue weighted by molar-refractivity contribution is 0.536. The van der Waals surface area contributed by atoms with Gasteiger partial charge in [0, 0.05) is 25.4 Å². The van der Waals surface area contributed by atoms with Gasteiger partial charge in [0.2, 0.25) is 0 Å². The predicted molar refractivity (Wildman–Crippen MR) is 79.0 cm³/mol. The van der Waals surface area contributed by atoms with E-state index >= 15 is 0 Å². The van der Waals surface area contributed by atoms with Crippen molar-refractivity contribution in [2.24, 2.45) is 5.92 Å². The van der Waals surface area contributed by atoms with Crippen LogP contribution in [0.5, 0.6) is 0 Å². The fraction of sp³-hybridized carbons (Fsp3) is 0.438. The van der Waals surface area contributed by atoms with E-state index in [2.05, 4.69) is 24.1 Å². The third kappa shape index (κ3) is 4.36. The van der Waals surface area contributed by atoms with Gasteiger partial charge in [-0.1, -0.05) is 13.8 Å². The second kappa shape index (κ2) is 6.80. The van der Waals surface area contributed by atoms with Crippen LogP contribution in [0.15, 0.2) is 24.4 Å². The monoisotopic (exact) mass is 293 g/mol. The second-order valence-electron chi connectivity index (χ2n) is 5.69. The van der Waals surface area contributed by atoms with Crippen molar-refractivity contribution in [2.75, 3.05) is 6.54 Å². The van der Waals surface area contributed by atoms with Crippen LogP contribution < -0.4 is 5.32 Å². The zero-order chi connectivity index (χ0) is 15.4. The maximum absolute atomic E-state index is 13.3. The quantitative estimate of drug-likeness (QED) is 0.886. The number of aromatic nitrogens is 2. The minimum Gasteiger partial charge on any atom is -0.327 e. The maximum atomic E-state index is 13.3. The molecule has 1 aromatic carbocycles. The highest BCUT2D eigenvalue weighted by atomic mass is 19.1. The van der Waals surface area contributed by atoms with Crippen LogP contribution in [0.2, 0.25) is 0 Å². The van der Waals surface area contributed by atoms with Gasteiger partial charge in [-0.2, -0.15) is 0 Å². The van der Waals surface area contributed by atoms with Crippen LogP contribution >= 0.6 is 0 Å². The first-order chi connectivity index (χ1) is 9.95. The van der Waals surface area contributed by atoms with Crippen molar-refractivity contribution in [3.8, 4) is 0 Å². The van der Waals surface area contributed by atoms with Gasteiger partial charge in [-0.05, 0) is 37.1 Å². The van der Waals surface area contributed by atoms with Crippen molar-refractivity contribution in [3.63, 3.8) is 0 Å². The maximum Gasteiger partial charge on any atom is 0.126 e. The number of rotatable bonds is 6. The molecule has 114 valence electrons. The van der Waals surface area contributed by atoms with E-state index < -0.39 is 11.6 Å². The average Bonchev–Trinajstić information content (AvgIpc) is 2.70. The number of benzene rings is 1. The summed E-state index contributed by atoms with van der Waals surface area (Å²) >= 11 is 0. The standard InChI is InChI=1S/C16H21F2N3/c1-11(2)7-19-8-16-9-20-12(3)21(16)10-13-4-14(17)6-15(18)5-13/h4-6,9,11,19H,7-8,10H2,1-3H3. The van der Waals surface area contributed by atoms with Gasteiger partial charge in [0.15, 0.2) is 0 Å². The third-order valence-electron chi connectivity index (χ3n) is 3.26. The van der Waals surface area contributed by atoms with Crippen molar-refractivity contribution in [2.45, 2.75) is 33.9 Å². The van der Waals surface area contributed by atoms with Gasteiger partial charge in [0.25, 0.3) is 0 Å². The largest absolute Gasteiger partial charge is 0.327 e. The summed E-state index contributed by atoms with van der Waals surface area (Å²) < 4.78 is 28.5. The molecule has 0 fully saturated rings. The molecule has 0 aliphatic carbocycles. The van der Waals surface area contributed by atoms with Crippen LogP contribution in [0.4, 0.5) is 8.78 Å². The van der Waals surface area contributed by atoms with E-state index in [1.807, 2.05) is 11.5 Å². The number of hydrogen-bond donors (Lipinski definition) is 1. The number of nitrogens with one attached hydrogen (secondary N) is 1. The summed E-state index contributed by atoms with van der Waals surface area (Å²) in [5.74, 6) is 0.297. The molecule has 0 radical (unpaired) electrons. The topological polar surface area (TPSA) is 29.9 Å². The van der Waals surface area contributed by atoms with Gasteiger partial charge in [-0.3, -0.25) is 0 Å². The molecule has 5 heteroatoms. The number of nitrogens with zero attached hydrogens (tertiary/aromatic N) is 2. The highest BCUT2D eigenvalue weighted by Crippen LogP contribution is 2.13. The van der Waals surface area contributed by atoms with E-state index in [1.165, 1.54) is 12.1 Å². The Labute approximate surface area is 124 Å². The lowest BCUT2D eigenvalue weighted by atomic mass is 10.2. The lowest BCUT2D eigenvalue weighted by Gasteiger charge is -2.12. The number of imidazole rings is 1.